The number of amides is 1. The quantitative estimate of drug-likeness (QED) is 0.910. The number of anilines is 1. The molecule has 1 fully saturated rings. The van der Waals surface area contributed by atoms with Crippen molar-refractivity contribution in [3.63, 3.8) is 0 Å². The predicted octanol–water partition coefficient (Wildman–Crippen LogP) is 2.78. The molecule has 0 atom stereocenters. The molecule has 3 nitrogen and oxygen atoms in total. The fraction of sp³-hybridized carbons (Fsp3) is 0.500. The van der Waals surface area contributed by atoms with E-state index >= 15 is 0 Å². The van der Waals surface area contributed by atoms with Gasteiger partial charge in [0.05, 0.1) is 12.2 Å². The van der Waals surface area contributed by atoms with E-state index in [-0.39, 0.29) is 18.1 Å². The Morgan fingerprint density at radius 1 is 1.37 bits per heavy atom. The minimum atomic E-state index is -0.627. The highest BCUT2D eigenvalue weighted by Crippen LogP contribution is 2.22. The molecule has 104 valence electrons. The number of hydrogen-bond acceptors (Lipinski definition) is 2. The zero-order valence-electron chi connectivity index (χ0n) is 11.0. The number of hydrogen-bond donors (Lipinski definition) is 1. The molecule has 1 saturated carbocycles. The number of nitrogens with one attached hydrogen (secondary N) is 1. The lowest BCUT2D eigenvalue weighted by Gasteiger charge is -2.23. The maximum Gasteiger partial charge on any atom is 0.238 e. The van der Waals surface area contributed by atoms with Crippen molar-refractivity contribution in [2.24, 2.45) is 0 Å². The van der Waals surface area contributed by atoms with Gasteiger partial charge in [-0.2, -0.15) is 0 Å². The maximum absolute atomic E-state index is 13.4. The lowest BCUT2D eigenvalue weighted by molar-refractivity contribution is -0.117. The van der Waals surface area contributed by atoms with Crippen molar-refractivity contribution in [2.45, 2.75) is 31.7 Å². The highest BCUT2D eigenvalue weighted by molar-refractivity contribution is 5.92. The first kappa shape index (κ1) is 13.9. The molecule has 2 rings (SSSR count). The molecule has 1 N–H and O–H groups in total. The van der Waals surface area contributed by atoms with E-state index in [9.17, 15) is 13.6 Å². The normalized spacial score (nSPS) is 16.0. The molecule has 19 heavy (non-hydrogen) atoms. The summed E-state index contributed by atoms with van der Waals surface area (Å²) in [5.74, 6) is -1.52. The van der Waals surface area contributed by atoms with Crippen molar-refractivity contribution >= 4 is 11.6 Å². The van der Waals surface area contributed by atoms with Gasteiger partial charge < -0.3 is 5.32 Å². The van der Waals surface area contributed by atoms with Gasteiger partial charge >= 0.3 is 0 Å². The molecule has 0 aliphatic heterocycles. The van der Waals surface area contributed by atoms with Gasteiger partial charge in [-0.1, -0.05) is 12.8 Å². The molecular formula is C14H18F2N2O. The second-order valence-electron chi connectivity index (χ2n) is 5.03. The molecule has 1 aliphatic carbocycles. The van der Waals surface area contributed by atoms with Gasteiger partial charge in [-0.15, -0.1) is 0 Å². The molecular weight excluding hydrogens is 250 g/mol. The van der Waals surface area contributed by atoms with Crippen LogP contribution in [0.3, 0.4) is 0 Å². The second-order valence-corrected chi connectivity index (χ2v) is 5.03. The van der Waals surface area contributed by atoms with Crippen LogP contribution in [0.1, 0.15) is 25.7 Å². The Bertz CT molecular complexity index is 459. The van der Waals surface area contributed by atoms with E-state index in [1.54, 1.807) is 0 Å². The molecule has 0 saturated heterocycles. The Labute approximate surface area is 111 Å². The Morgan fingerprint density at radius 3 is 2.74 bits per heavy atom. The van der Waals surface area contributed by atoms with E-state index in [1.807, 2.05) is 11.9 Å². The van der Waals surface area contributed by atoms with E-state index in [0.29, 0.717) is 6.04 Å². The van der Waals surface area contributed by atoms with Crippen LogP contribution >= 0.6 is 0 Å². The minimum absolute atomic E-state index is 0.107. The van der Waals surface area contributed by atoms with Gasteiger partial charge in [-0.25, -0.2) is 8.78 Å². The van der Waals surface area contributed by atoms with Crippen LogP contribution in [0.4, 0.5) is 14.5 Å². The van der Waals surface area contributed by atoms with Gasteiger partial charge in [0.1, 0.15) is 11.6 Å². The molecule has 0 radical (unpaired) electrons. The summed E-state index contributed by atoms with van der Waals surface area (Å²) in [4.78, 5) is 13.8. The zero-order valence-corrected chi connectivity index (χ0v) is 11.0. The minimum Gasteiger partial charge on any atom is -0.322 e. The van der Waals surface area contributed by atoms with E-state index in [0.717, 1.165) is 31.0 Å². The summed E-state index contributed by atoms with van der Waals surface area (Å²) in [6, 6.07) is 3.44. The molecule has 0 aromatic heterocycles. The van der Waals surface area contributed by atoms with Crippen molar-refractivity contribution in [3.8, 4) is 0 Å². The number of carbonyl (C=O) groups is 1. The molecule has 0 spiro atoms. The predicted molar refractivity (Wildman–Crippen MR) is 69.9 cm³/mol. The molecule has 1 aromatic carbocycles. The Hall–Kier alpha value is -1.49. The van der Waals surface area contributed by atoms with Gasteiger partial charge in [-0.3, -0.25) is 9.69 Å². The van der Waals surface area contributed by atoms with Crippen LogP contribution in [0.5, 0.6) is 0 Å². The van der Waals surface area contributed by atoms with Crippen molar-refractivity contribution < 1.29 is 13.6 Å². The van der Waals surface area contributed by atoms with Crippen LogP contribution in [-0.4, -0.2) is 30.4 Å². The number of benzene rings is 1. The van der Waals surface area contributed by atoms with Crippen LogP contribution in [0.2, 0.25) is 0 Å². The maximum atomic E-state index is 13.4. The average Bonchev–Trinajstić information content (AvgIpc) is 2.87. The molecule has 5 heteroatoms. The lowest BCUT2D eigenvalue weighted by Crippen LogP contribution is -2.36. The first-order valence-corrected chi connectivity index (χ1v) is 6.51. The summed E-state index contributed by atoms with van der Waals surface area (Å²) < 4.78 is 26.4. The zero-order chi connectivity index (χ0) is 13.8. The van der Waals surface area contributed by atoms with E-state index in [4.69, 9.17) is 0 Å². The Kier molecular flexibility index (Phi) is 4.47. The van der Waals surface area contributed by atoms with Crippen molar-refractivity contribution in [1.82, 2.24) is 4.90 Å². The van der Waals surface area contributed by atoms with E-state index in [1.165, 1.54) is 12.8 Å². The third-order valence-corrected chi connectivity index (χ3v) is 3.54. The molecule has 1 aliphatic rings. The molecule has 0 unspecified atom stereocenters. The third-order valence-electron chi connectivity index (χ3n) is 3.54. The summed E-state index contributed by atoms with van der Waals surface area (Å²) in [6.45, 7) is 0.195. The SMILES string of the molecule is CN(CC(=O)Nc1cc(F)ccc1F)C1CCCC1. The number of nitrogens with zero attached hydrogens (tertiary/aromatic N) is 1. The first-order valence-electron chi connectivity index (χ1n) is 6.51. The fourth-order valence-corrected chi connectivity index (χ4v) is 2.48. The Balaban J connectivity index is 1.91. The third kappa shape index (κ3) is 3.73. The highest BCUT2D eigenvalue weighted by atomic mass is 19.1. The first-order chi connectivity index (χ1) is 9.06. The van der Waals surface area contributed by atoms with Crippen LogP contribution in [0.25, 0.3) is 0 Å². The second kappa shape index (κ2) is 6.10. The van der Waals surface area contributed by atoms with Gasteiger partial charge in [0, 0.05) is 12.1 Å². The largest absolute Gasteiger partial charge is 0.322 e. The highest BCUT2D eigenvalue weighted by Gasteiger charge is 2.21. The summed E-state index contributed by atoms with van der Waals surface area (Å²) in [5, 5.41) is 2.41. The summed E-state index contributed by atoms with van der Waals surface area (Å²) in [7, 11) is 1.89. The van der Waals surface area contributed by atoms with Crippen molar-refractivity contribution in [3.05, 3.63) is 29.8 Å². The van der Waals surface area contributed by atoms with Gasteiger partial charge in [-0.05, 0) is 32.0 Å². The van der Waals surface area contributed by atoms with Crippen molar-refractivity contribution in [2.75, 3.05) is 18.9 Å². The van der Waals surface area contributed by atoms with Crippen LogP contribution in [0, 0.1) is 11.6 Å². The van der Waals surface area contributed by atoms with Gasteiger partial charge in [0.2, 0.25) is 5.91 Å². The van der Waals surface area contributed by atoms with Crippen LogP contribution in [0.15, 0.2) is 18.2 Å². The summed E-state index contributed by atoms with van der Waals surface area (Å²) in [5.41, 5.74) is -0.107. The monoisotopic (exact) mass is 268 g/mol. The van der Waals surface area contributed by atoms with Crippen molar-refractivity contribution in [1.29, 1.82) is 0 Å². The van der Waals surface area contributed by atoms with Crippen LogP contribution < -0.4 is 5.32 Å². The van der Waals surface area contributed by atoms with E-state index < -0.39 is 11.6 Å². The van der Waals surface area contributed by atoms with Crippen LogP contribution in [-0.2, 0) is 4.79 Å². The lowest BCUT2D eigenvalue weighted by atomic mass is 10.2. The van der Waals surface area contributed by atoms with Gasteiger partial charge in [0.15, 0.2) is 0 Å². The molecule has 0 bridgehead atoms. The number of carbonyl (C=O) groups excluding carboxylic acids is 1. The molecule has 1 aromatic rings. The topological polar surface area (TPSA) is 32.3 Å². The molecule has 1 amide bonds. The number of likely N-dealkylation sites (N-methyl/N-ethyl adjacent to an activating group) is 1. The summed E-state index contributed by atoms with van der Waals surface area (Å²) in [6.07, 6.45) is 4.57. The summed E-state index contributed by atoms with van der Waals surface area (Å²) >= 11 is 0. The average molecular weight is 268 g/mol. The van der Waals surface area contributed by atoms with Gasteiger partial charge in [0.25, 0.3) is 0 Å². The molecule has 0 heterocycles. The van der Waals surface area contributed by atoms with E-state index in [2.05, 4.69) is 5.32 Å². The number of rotatable bonds is 4. The number of halogens is 2. The smallest absolute Gasteiger partial charge is 0.238 e. The Morgan fingerprint density at radius 2 is 2.05 bits per heavy atom. The standard InChI is InChI=1S/C14H18F2N2O/c1-18(11-4-2-3-5-11)9-14(19)17-13-8-10(15)6-7-12(13)16/h6-8,11H,2-5,9H2,1H3,(H,17,19). The fourth-order valence-electron chi connectivity index (χ4n) is 2.48.